The lowest BCUT2D eigenvalue weighted by atomic mass is 9.68. The van der Waals surface area contributed by atoms with Crippen molar-refractivity contribution in [1.29, 1.82) is 0 Å². The monoisotopic (exact) mass is 514 g/mol. The number of ether oxygens (including phenoxy) is 1. The summed E-state index contributed by atoms with van der Waals surface area (Å²) in [5.74, 6) is 2.24. The quantitative estimate of drug-likeness (QED) is 0.401. The summed E-state index contributed by atoms with van der Waals surface area (Å²) in [6.45, 7) is 7.38. The van der Waals surface area contributed by atoms with Gasteiger partial charge < -0.3 is 26.0 Å². The molecule has 2 aliphatic rings. The molecule has 3 amide bonds. The zero-order valence-electron chi connectivity index (χ0n) is 23.1. The minimum Gasteiger partial charge on any atom is -0.448 e. The van der Waals surface area contributed by atoms with Gasteiger partial charge in [0.2, 0.25) is 11.8 Å². The highest BCUT2D eigenvalue weighted by molar-refractivity contribution is 5.92. The van der Waals surface area contributed by atoms with Crippen molar-refractivity contribution >= 4 is 23.6 Å². The summed E-state index contributed by atoms with van der Waals surface area (Å²) < 4.78 is 5.19. The molecule has 1 aliphatic carbocycles. The normalized spacial score (nSPS) is 23.5. The van der Waals surface area contributed by atoms with Crippen molar-refractivity contribution in [1.82, 2.24) is 10.2 Å². The number of nitrogens with one attached hydrogen (secondary N) is 2. The maximum Gasteiger partial charge on any atom is 0.406 e. The first-order valence-electron chi connectivity index (χ1n) is 13.9. The third-order valence-corrected chi connectivity index (χ3v) is 8.42. The number of carbonyl (C=O) groups excluding carboxylic acids is 3. The van der Waals surface area contributed by atoms with Crippen LogP contribution in [0.5, 0.6) is 0 Å². The number of rotatable bonds is 11. The maximum atomic E-state index is 14.1. The van der Waals surface area contributed by atoms with Crippen LogP contribution in [0.3, 0.4) is 0 Å². The largest absolute Gasteiger partial charge is 0.448 e. The molecule has 0 radical (unpaired) electrons. The molecular formula is C29H46N4O4. The van der Waals surface area contributed by atoms with E-state index < -0.39 is 11.5 Å². The van der Waals surface area contributed by atoms with E-state index in [-0.39, 0.29) is 18.4 Å². The fourth-order valence-corrected chi connectivity index (χ4v) is 6.36. The Morgan fingerprint density at radius 3 is 2.54 bits per heavy atom. The van der Waals surface area contributed by atoms with Crippen molar-refractivity contribution in [2.75, 3.05) is 32.1 Å². The summed E-state index contributed by atoms with van der Waals surface area (Å²) >= 11 is 0. The van der Waals surface area contributed by atoms with E-state index >= 15 is 0 Å². The van der Waals surface area contributed by atoms with Crippen LogP contribution in [0.4, 0.5) is 10.5 Å². The molecule has 1 fully saturated rings. The van der Waals surface area contributed by atoms with E-state index in [0.717, 1.165) is 48.1 Å². The number of amides is 3. The number of hydrogen-bond acceptors (Lipinski definition) is 5. The maximum absolute atomic E-state index is 14.1. The number of hydrogen-bond donors (Lipinski definition) is 3. The lowest BCUT2D eigenvalue weighted by molar-refractivity contribution is -0.141. The number of carbonyl (C=O) groups is 3. The minimum atomic E-state index is -0.709. The average Bonchev–Trinajstić information content (AvgIpc) is 2.86. The van der Waals surface area contributed by atoms with Gasteiger partial charge in [-0.25, -0.2) is 4.79 Å². The number of alkyl carbamates (subject to hydrolysis) is 1. The number of nitrogens with two attached hydrogens (primary N) is 1. The van der Waals surface area contributed by atoms with Crippen LogP contribution in [0.25, 0.3) is 0 Å². The Labute approximate surface area is 222 Å². The lowest BCUT2D eigenvalue weighted by Crippen LogP contribution is -2.52. The molecule has 1 atom stereocenters. The molecule has 0 aromatic heterocycles. The van der Waals surface area contributed by atoms with E-state index in [2.05, 4.69) is 24.5 Å². The van der Waals surface area contributed by atoms with Gasteiger partial charge >= 0.3 is 6.09 Å². The average molecular weight is 515 g/mol. The fraction of sp³-hybridized carbons (Fsp3) is 0.690. The Morgan fingerprint density at radius 1 is 1.19 bits per heavy atom. The first kappa shape index (κ1) is 29.0. The van der Waals surface area contributed by atoms with Crippen molar-refractivity contribution in [3.05, 3.63) is 29.3 Å². The van der Waals surface area contributed by atoms with Gasteiger partial charge in [0.25, 0.3) is 0 Å². The number of fused-ring (bicyclic) bond motifs is 1. The molecule has 0 spiro atoms. The van der Waals surface area contributed by atoms with Crippen LogP contribution in [0.1, 0.15) is 83.3 Å². The summed E-state index contributed by atoms with van der Waals surface area (Å²) in [5.41, 5.74) is 8.15. The van der Waals surface area contributed by atoms with Gasteiger partial charge in [-0.3, -0.25) is 9.59 Å². The zero-order valence-corrected chi connectivity index (χ0v) is 23.1. The van der Waals surface area contributed by atoms with Gasteiger partial charge in [-0.2, -0.15) is 0 Å². The van der Waals surface area contributed by atoms with Crippen LogP contribution in [0, 0.1) is 17.8 Å². The molecule has 3 rings (SSSR count). The van der Waals surface area contributed by atoms with Crippen LogP contribution in [-0.2, 0) is 26.3 Å². The summed E-state index contributed by atoms with van der Waals surface area (Å²) in [4.78, 5) is 39.1. The van der Waals surface area contributed by atoms with Gasteiger partial charge in [-0.1, -0.05) is 45.6 Å². The van der Waals surface area contributed by atoms with Gasteiger partial charge in [0.15, 0.2) is 0 Å². The fourth-order valence-electron chi connectivity index (χ4n) is 6.36. The number of nitrogens with zero attached hydrogens (tertiary/aromatic N) is 1. The summed E-state index contributed by atoms with van der Waals surface area (Å²) in [5, 5.41) is 5.30. The van der Waals surface area contributed by atoms with Gasteiger partial charge in [-0.15, -0.1) is 0 Å². The molecule has 4 N–H and O–H groups in total. The number of anilines is 1. The second kappa shape index (κ2) is 13.3. The summed E-state index contributed by atoms with van der Waals surface area (Å²) in [6.07, 6.45) is 8.06. The topological polar surface area (TPSA) is 114 Å². The first-order valence-corrected chi connectivity index (χ1v) is 13.9. The third-order valence-electron chi connectivity index (χ3n) is 8.42. The van der Waals surface area contributed by atoms with Gasteiger partial charge in [0.05, 0.1) is 12.0 Å². The Balaban J connectivity index is 1.81. The Hall–Kier alpha value is -2.61. The van der Waals surface area contributed by atoms with Crippen LogP contribution < -0.4 is 16.4 Å². The molecule has 206 valence electrons. The summed E-state index contributed by atoms with van der Waals surface area (Å²) in [6, 6.07) is 5.85. The molecular weight excluding hydrogens is 468 g/mol. The molecule has 8 heteroatoms. The molecule has 1 saturated carbocycles. The lowest BCUT2D eigenvalue weighted by Gasteiger charge is -2.44. The molecule has 1 aromatic rings. The Bertz CT molecular complexity index is 942. The van der Waals surface area contributed by atoms with E-state index in [0.29, 0.717) is 31.7 Å². The van der Waals surface area contributed by atoms with Crippen LogP contribution >= 0.6 is 0 Å². The molecule has 0 saturated heterocycles. The molecule has 37 heavy (non-hydrogen) atoms. The van der Waals surface area contributed by atoms with Crippen LogP contribution in [-0.4, -0.2) is 49.6 Å². The van der Waals surface area contributed by atoms with E-state index in [4.69, 9.17) is 10.5 Å². The zero-order chi connectivity index (χ0) is 27.0. The smallest absolute Gasteiger partial charge is 0.406 e. The van der Waals surface area contributed by atoms with E-state index in [1.807, 2.05) is 18.2 Å². The highest BCUT2D eigenvalue weighted by atomic mass is 16.5. The standard InChI is InChI=1S/C29H46N4O4/c1-20(2)23-9-7-22(8-10-23)6-5-13-29(14-15-30)26-12-11-25(32-21(3)34)18-24(26)19-33(27(29)35)16-17-37-28(36)31-4/h11-12,18,20,22-23H,5-10,13-17,19,30H2,1-4H3,(H,31,36)(H,32,34). The highest BCUT2D eigenvalue weighted by Gasteiger charge is 2.46. The molecule has 1 heterocycles. The SMILES string of the molecule is CNC(=O)OCCN1Cc2cc(NC(C)=O)ccc2C(CCN)(CCCC2CCC(C(C)C)CC2)C1=O. The molecule has 1 aliphatic heterocycles. The van der Waals surface area contributed by atoms with Crippen molar-refractivity contribution in [2.24, 2.45) is 23.5 Å². The third kappa shape index (κ3) is 7.24. The van der Waals surface area contributed by atoms with Crippen molar-refractivity contribution in [3.8, 4) is 0 Å². The second-order valence-corrected chi connectivity index (χ2v) is 11.2. The Morgan fingerprint density at radius 2 is 1.92 bits per heavy atom. The van der Waals surface area contributed by atoms with Crippen LogP contribution in [0.2, 0.25) is 0 Å². The second-order valence-electron chi connectivity index (χ2n) is 11.2. The minimum absolute atomic E-state index is 0.0572. The predicted molar refractivity (Wildman–Crippen MR) is 146 cm³/mol. The van der Waals surface area contributed by atoms with Crippen molar-refractivity contribution < 1.29 is 19.1 Å². The van der Waals surface area contributed by atoms with E-state index in [9.17, 15) is 14.4 Å². The van der Waals surface area contributed by atoms with Gasteiger partial charge in [0, 0.05) is 26.2 Å². The van der Waals surface area contributed by atoms with E-state index in [1.54, 1.807) is 4.90 Å². The van der Waals surface area contributed by atoms with Gasteiger partial charge in [0.1, 0.15) is 6.61 Å². The summed E-state index contributed by atoms with van der Waals surface area (Å²) in [7, 11) is 1.51. The Kier molecular flexibility index (Phi) is 10.4. The van der Waals surface area contributed by atoms with Crippen molar-refractivity contribution in [3.63, 3.8) is 0 Å². The predicted octanol–water partition coefficient (Wildman–Crippen LogP) is 4.56. The highest BCUT2D eigenvalue weighted by Crippen LogP contribution is 2.43. The number of benzene rings is 1. The molecule has 1 aromatic carbocycles. The van der Waals surface area contributed by atoms with Gasteiger partial charge in [-0.05, 0) is 73.2 Å². The van der Waals surface area contributed by atoms with E-state index in [1.165, 1.54) is 39.7 Å². The van der Waals surface area contributed by atoms with Crippen molar-refractivity contribution in [2.45, 2.75) is 84.1 Å². The molecule has 8 nitrogen and oxygen atoms in total. The van der Waals surface area contributed by atoms with Crippen LogP contribution in [0.15, 0.2) is 18.2 Å². The molecule has 0 bridgehead atoms. The first-order chi connectivity index (χ1) is 17.7. The molecule has 1 unspecified atom stereocenters.